The minimum Gasteiger partial charge on any atom is -0.461 e. The highest BCUT2D eigenvalue weighted by Gasteiger charge is 2.30. The lowest BCUT2D eigenvalue weighted by Crippen LogP contribution is -2.46. The number of hydrogen-bond donors (Lipinski definition) is 4. The normalized spacial score (nSPS) is 12.7. The van der Waals surface area contributed by atoms with E-state index in [2.05, 4.69) is 93.7 Å². The molecule has 0 radical (unpaired) electrons. The van der Waals surface area contributed by atoms with Gasteiger partial charge in [0.05, 0.1) is 116 Å². The van der Waals surface area contributed by atoms with E-state index in [1.54, 1.807) is 58.7 Å². The van der Waals surface area contributed by atoms with E-state index >= 15 is 0 Å². The number of primary amides is 1. The zero-order valence-corrected chi connectivity index (χ0v) is 52.0. The van der Waals surface area contributed by atoms with E-state index in [1.807, 2.05) is 13.8 Å². The van der Waals surface area contributed by atoms with Crippen LogP contribution in [0.2, 0.25) is 0 Å². The molecule has 5 N–H and O–H groups in total. The highest BCUT2D eigenvalue weighted by Crippen LogP contribution is 2.27. The van der Waals surface area contributed by atoms with Crippen molar-refractivity contribution in [3.63, 3.8) is 0 Å². The summed E-state index contributed by atoms with van der Waals surface area (Å²) in [6.45, 7) is 30.3. The molecule has 2 aromatic rings. The highest BCUT2D eigenvalue weighted by atomic mass is 32.2. The van der Waals surface area contributed by atoms with Gasteiger partial charge in [-0.15, -0.1) is 28.6 Å². The van der Waals surface area contributed by atoms with Crippen LogP contribution in [0.25, 0.3) is 0 Å². The minimum absolute atomic E-state index is 0.0177. The number of ether oxygens (including phenoxy) is 8. The summed E-state index contributed by atoms with van der Waals surface area (Å²) in [4.78, 5) is 70.1. The van der Waals surface area contributed by atoms with Gasteiger partial charge in [0.25, 0.3) is 5.91 Å². The molecular weight excluding hydrogens is 1080 g/mol. The van der Waals surface area contributed by atoms with Crippen LogP contribution in [-0.2, 0) is 81.5 Å². The lowest BCUT2D eigenvalue weighted by atomic mass is 9.89. The number of oxime groups is 1. The number of hydrogen-bond acceptors (Lipinski definition) is 19. The van der Waals surface area contributed by atoms with Crippen molar-refractivity contribution in [3.05, 3.63) is 41.7 Å². The Labute approximate surface area is 490 Å². The first kappa shape index (κ1) is 72.7. The van der Waals surface area contributed by atoms with Gasteiger partial charge in [-0.25, -0.2) is 9.48 Å². The molecule has 0 aliphatic carbocycles. The molecule has 2 rings (SSSR count). The molecular formula is C57H98N8O14S2. The Bertz CT molecular complexity index is 2080. The summed E-state index contributed by atoms with van der Waals surface area (Å²) in [5.41, 5.74) is 8.15. The van der Waals surface area contributed by atoms with Gasteiger partial charge in [-0.2, -0.15) is 0 Å². The third kappa shape index (κ3) is 40.5. The van der Waals surface area contributed by atoms with Gasteiger partial charge in [0.1, 0.15) is 6.61 Å². The van der Waals surface area contributed by atoms with E-state index in [9.17, 15) is 24.0 Å². The number of carbonyl (C=O) groups excluding carboxylic acids is 5. The van der Waals surface area contributed by atoms with Gasteiger partial charge >= 0.3 is 12.0 Å². The molecule has 0 bridgehead atoms. The molecule has 0 aliphatic heterocycles. The van der Waals surface area contributed by atoms with Gasteiger partial charge in [0, 0.05) is 64.8 Å². The smallest absolute Gasteiger partial charge is 0.312 e. The average Bonchev–Trinajstić information content (AvgIpc) is 3.85. The average molecular weight is 1180 g/mol. The van der Waals surface area contributed by atoms with Gasteiger partial charge in [-0.05, 0) is 48.3 Å². The van der Waals surface area contributed by atoms with Crippen LogP contribution in [0.5, 0.6) is 0 Å². The Morgan fingerprint density at radius 2 is 1.23 bits per heavy atom. The van der Waals surface area contributed by atoms with Gasteiger partial charge in [0.15, 0.2) is 12.4 Å². The molecule has 4 amide bonds. The van der Waals surface area contributed by atoms with Crippen LogP contribution >= 0.6 is 23.5 Å². The van der Waals surface area contributed by atoms with E-state index < -0.39 is 35.8 Å². The number of aryl methyl sites for hydroxylation is 1. The minimum atomic E-state index is -0.888. The fourth-order valence-corrected chi connectivity index (χ4v) is 8.52. The number of nitrogens with zero attached hydrogens (tertiary/aromatic N) is 4. The molecule has 0 aliphatic rings. The second-order valence-corrected chi connectivity index (χ2v) is 26.3. The molecule has 462 valence electrons. The second-order valence-electron chi connectivity index (χ2n) is 22.7. The first-order chi connectivity index (χ1) is 38.4. The molecule has 1 aromatic heterocycles. The van der Waals surface area contributed by atoms with Gasteiger partial charge in [-0.1, -0.05) is 98.7 Å². The number of rotatable bonds is 46. The molecule has 1 aromatic carbocycles. The number of carbonyl (C=O) groups is 5. The number of Topliss-reactive ketones (excluding diaryl/α,β-unsaturated/α-hetero) is 1. The van der Waals surface area contributed by atoms with Crippen molar-refractivity contribution in [1.29, 1.82) is 0 Å². The standard InChI is InChI=1S/C57H98N8O14S2/c1-43(2)52(61-50(67)40-79-63-48(41-80-56(6,7)8)42-81-57(9,10)11)49(66)37-45(13-12-21-59-54(58)70)53(69)60-46-16-14-44(15-17-46)39-78-51(68)19-18-47-38-65(64-62-47)22-24-72-26-28-74-30-32-76-34-36-77-35-33-75-31-29-73-27-25-71-23-20-55(3,4)5/h14-17,38,43,45,52H,12-13,18-37,39-42H2,1-11H3,(H,60,69)(H,61,67)(H3,58,59,70)/t45-,52+/m1/s1. The summed E-state index contributed by atoms with van der Waals surface area (Å²) in [6.07, 6.45) is 3.70. The summed E-state index contributed by atoms with van der Waals surface area (Å²) < 4.78 is 46.1. The number of benzene rings is 1. The maximum absolute atomic E-state index is 13.8. The van der Waals surface area contributed by atoms with Crippen molar-refractivity contribution < 1.29 is 66.7 Å². The van der Waals surface area contributed by atoms with Crippen molar-refractivity contribution >= 4 is 64.5 Å². The SMILES string of the molecule is CC(C)[C@H](NC(=O)CON=C(CSC(C)(C)C)CSC(C)(C)C)C(=O)C[C@@H](CCCNC(N)=O)C(=O)Nc1ccc(COC(=O)CCc2cn(CCOCCOCCOCCOCCOCCOCCOCCC(C)(C)C)nn2)cc1. The van der Waals surface area contributed by atoms with E-state index in [0.29, 0.717) is 134 Å². The van der Waals surface area contributed by atoms with Gasteiger partial charge in [-0.3, -0.25) is 19.2 Å². The van der Waals surface area contributed by atoms with Gasteiger partial charge < -0.3 is 64.4 Å². The maximum Gasteiger partial charge on any atom is 0.312 e. The Balaban J connectivity index is 1.67. The molecule has 1 heterocycles. The number of thioether (sulfide) groups is 2. The quantitative estimate of drug-likeness (QED) is 0.0224. The Morgan fingerprint density at radius 3 is 1.73 bits per heavy atom. The van der Waals surface area contributed by atoms with Gasteiger partial charge in [0.2, 0.25) is 5.91 Å². The molecule has 22 nitrogen and oxygen atoms in total. The fraction of sp³-hybridized carbons (Fsp3) is 0.754. The summed E-state index contributed by atoms with van der Waals surface area (Å²) >= 11 is 3.48. The van der Waals surface area contributed by atoms with Crippen LogP contribution in [-0.4, -0.2) is 183 Å². The fourth-order valence-electron chi connectivity index (χ4n) is 6.88. The summed E-state index contributed by atoms with van der Waals surface area (Å²) in [7, 11) is 0. The number of urea groups is 1. The third-order valence-electron chi connectivity index (χ3n) is 11.4. The monoisotopic (exact) mass is 1180 g/mol. The molecule has 0 saturated heterocycles. The van der Waals surface area contributed by atoms with Crippen LogP contribution in [0.3, 0.4) is 0 Å². The lowest BCUT2D eigenvalue weighted by Gasteiger charge is -2.24. The van der Waals surface area contributed by atoms with Crippen molar-refractivity contribution in [2.24, 2.45) is 28.1 Å². The largest absolute Gasteiger partial charge is 0.461 e. The van der Waals surface area contributed by atoms with Crippen molar-refractivity contribution in [1.82, 2.24) is 25.6 Å². The number of aromatic nitrogens is 3. The second kappa shape index (κ2) is 41.6. The van der Waals surface area contributed by atoms with Crippen molar-refractivity contribution in [2.75, 3.05) is 122 Å². The van der Waals surface area contributed by atoms with Crippen LogP contribution < -0.4 is 21.7 Å². The van der Waals surface area contributed by atoms with E-state index in [1.165, 1.54) is 0 Å². The Hall–Kier alpha value is -4.40. The first-order valence-corrected chi connectivity index (χ1v) is 30.2. The van der Waals surface area contributed by atoms with Crippen LogP contribution in [0.15, 0.2) is 35.6 Å². The maximum atomic E-state index is 13.8. The summed E-state index contributed by atoms with van der Waals surface area (Å²) in [5.74, 6) is -1.43. The molecule has 0 saturated carbocycles. The number of nitrogens with one attached hydrogen (secondary N) is 3. The predicted molar refractivity (Wildman–Crippen MR) is 318 cm³/mol. The number of anilines is 1. The predicted octanol–water partition coefficient (Wildman–Crippen LogP) is 7.05. The van der Waals surface area contributed by atoms with Crippen molar-refractivity contribution in [2.45, 2.75) is 143 Å². The van der Waals surface area contributed by atoms with Crippen LogP contribution in [0.4, 0.5) is 10.5 Å². The molecule has 0 spiro atoms. The molecule has 81 heavy (non-hydrogen) atoms. The molecule has 0 fully saturated rings. The van der Waals surface area contributed by atoms with E-state index in [-0.39, 0.29) is 65.6 Å². The van der Waals surface area contributed by atoms with E-state index in [0.717, 1.165) is 18.7 Å². The Kier molecular flexibility index (Phi) is 37.3. The zero-order valence-electron chi connectivity index (χ0n) is 50.4. The number of esters is 1. The van der Waals surface area contributed by atoms with Crippen LogP contribution in [0.1, 0.15) is 120 Å². The third-order valence-corrected chi connectivity index (χ3v) is 14.1. The zero-order chi connectivity index (χ0) is 59.9. The first-order valence-electron chi connectivity index (χ1n) is 28.2. The Morgan fingerprint density at radius 1 is 0.716 bits per heavy atom. The molecule has 24 heteroatoms. The summed E-state index contributed by atoms with van der Waals surface area (Å²) in [5, 5.41) is 20.8. The topological polar surface area (TPSA) is 274 Å². The van der Waals surface area contributed by atoms with E-state index in [4.69, 9.17) is 48.5 Å². The highest BCUT2D eigenvalue weighted by molar-refractivity contribution is 8.02. The summed E-state index contributed by atoms with van der Waals surface area (Å²) in [6, 6.07) is 5.23. The number of ketones is 1. The van der Waals surface area contributed by atoms with Crippen molar-refractivity contribution in [3.8, 4) is 0 Å². The number of nitrogens with two attached hydrogens (primary N) is 1. The molecule has 2 atom stereocenters. The van der Waals surface area contributed by atoms with Crippen LogP contribution in [0, 0.1) is 17.3 Å². The molecule has 0 unspecified atom stereocenters. The lowest BCUT2D eigenvalue weighted by molar-refractivity contribution is -0.145. The number of amides is 4.